The van der Waals surface area contributed by atoms with Crippen LogP contribution in [0.25, 0.3) is 0 Å². The normalized spacial score (nSPS) is 19.5. The Labute approximate surface area is 172 Å². The molecule has 150 valence electrons. The summed E-state index contributed by atoms with van der Waals surface area (Å²) in [6.45, 7) is 2.89. The first kappa shape index (κ1) is 20.8. The van der Waals surface area contributed by atoms with E-state index >= 15 is 0 Å². The van der Waals surface area contributed by atoms with Crippen LogP contribution in [0.5, 0.6) is 11.5 Å². The smallest absolute Gasteiger partial charge is 0.445 e. The summed E-state index contributed by atoms with van der Waals surface area (Å²) in [6.07, 6.45) is 3.99. The Hall–Kier alpha value is -1.97. The lowest BCUT2D eigenvalue weighted by atomic mass is 10.2. The molecule has 1 unspecified atom stereocenters. The molecule has 0 fully saturated rings. The SMILES string of the molecule is O=P(Oc1ccccc1)(Oc1ccccc1)C1CCCC[N+]2=C1NCCC2.[Cl-]. The van der Waals surface area contributed by atoms with Gasteiger partial charge >= 0.3 is 7.60 Å². The van der Waals surface area contributed by atoms with Crippen LogP contribution in [0.1, 0.15) is 25.7 Å². The summed E-state index contributed by atoms with van der Waals surface area (Å²) < 4.78 is 28.7. The third-order valence-corrected chi connectivity index (χ3v) is 7.25. The molecule has 7 heteroatoms. The Morgan fingerprint density at radius 1 is 0.857 bits per heavy atom. The molecule has 28 heavy (non-hydrogen) atoms. The minimum Gasteiger partial charge on any atom is -1.00 e. The summed E-state index contributed by atoms with van der Waals surface area (Å²) in [6, 6.07) is 18.7. The second kappa shape index (κ2) is 9.49. The molecule has 2 heterocycles. The maximum absolute atomic E-state index is 14.2. The molecule has 0 saturated carbocycles. The topological polar surface area (TPSA) is 50.6 Å². The van der Waals surface area contributed by atoms with Crippen LogP contribution in [0.4, 0.5) is 0 Å². The Morgan fingerprint density at radius 2 is 1.43 bits per heavy atom. The van der Waals surface area contributed by atoms with Gasteiger partial charge in [-0.25, -0.2) is 4.57 Å². The summed E-state index contributed by atoms with van der Waals surface area (Å²) in [5.74, 6) is 2.17. The molecule has 2 aliphatic heterocycles. The fourth-order valence-electron chi connectivity index (χ4n) is 3.77. The molecule has 0 amide bonds. The molecule has 0 aliphatic carbocycles. The van der Waals surface area contributed by atoms with Crippen LogP contribution >= 0.6 is 7.60 Å². The summed E-state index contributed by atoms with van der Waals surface area (Å²) >= 11 is 0. The van der Waals surface area contributed by atoms with E-state index in [9.17, 15) is 4.57 Å². The molecule has 4 rings (SSSR count). The van der Waals surface area contributed by atoms with Crippen LogP contribution in [-0.2, 0) is 4.57 Å². The molecule has 0 aromatic heterocycles. The lowest BCUT2D eigenvalue weighted by Gasteiger charge is -2.28. The predicted molar refractivity (Wildman–Crippen MR) is 107 cm³/mol. The molecule has 1 atom stereocenters. The van der Waals surface area contributed by atoms with Gasteiger partial charge in [0.15, 0.2) is 5.66 Å². The van der Waals surface area contributed by atoms with Crippen molar-refractivity contribution in [2.45, 2.75) is 31.3 Å². The van der Waals surface area contributed by atoms with E-state index in [0.29, 0.717) is 11.5 Å². The van der Waals surface area contributed by atoms with Crippen molar-refractivity contribution in [2.75, 3.05) is 19.6 Å². The van der Waals surface area contributed by atoms with Crippen molar-refractivity contribution in [3.05, 3.63) is 60.7 Å². The number of para-hydroxylation sites is 2. The minimum atomic E-state index is -3.50. The predicted octanol–water partition coefficient (Wildman–Crippen LogP) is 1.30. The molecule has 0 radical (unpaired) electrons. The van der Waals surface area contributed by atoms with Gasteiger partial charge in [-0.3, -0.25) is 9.89 Å². The number of hydrogen-bond acceptors (Lipinski definition) is 4. The van der Waals surface area contributed by atoms with Crippen molar-refractivity contribution in [3.8, 4) is 11.5 Å². The van der Waals surface area contributed by atoms with Gasteiger partial charge in [0.2, 0.25) is 0 Å². The molecule has 1 N–H and O–H groups in total. The largest absolute Gasteiger partial charge is 1.00 e. The number of benzene rings is 2. The summed E-state index contributed by atoms with van der Waals surface area (Å²) in [7, 11) is -3.50. The van der Waals surface area contributed by atoms with E-state index in [0.717, 1.165) is 51.2 Å². The number of halogens is 1. The van der Waals surface area contributed by atoms with Crippen molar-refractivity contribution >= 4 is 13.4 Å². The fraction of sp³-hybridized carbons (Fsp3) is 0.381. The summed E-state index contributed by atoms with van der Waals surface area (Å²) in [4.78, 5) is 0. The quantitative estimate of drug-likeness (QED) is 0.585. The van der Waals surface area contributed by atoms with Gasteiger partial charge in [0.05, 0.1) is 19.6 Å². The number of amidine groups is 1. The van der Waals surface area contributed by atoms with Crippen LogP contribution in [0, 0.1) is 0 Å². The molecule has 5 nitrogen and oxygen atoms in total. The van der Waals surface area contributed by atoms with E-state index < -0.39 is 7.60 Å². The van der Waals surface area contributed by atoms with Crippen LogP contribution in [0.15, 0.2) is 60.7 Å². The van der Waals surface area contributed by atoms with E-state index in [1.807, 2.05) is 60.7 Å². The first-order valence-electron chi connectivity index (χ1n) is 9.69. The number of hydrogen-bond donors (Lipinski definition) is 1. The van der Waals surface area contributed by atoms with Crippen LogP contribution < -0.4 is 26.8 Å². The Balaban J connectivity index is 0.00000225. The van der Waals surface area contributed by atoms with Crippen molar-refractivity contribution in [3.63, 3.8) is 0 Å². The first-order valence-corrected chi connectivity index (χ1v) is 11.3. The van der Waals surface area contributed by atoms with Crippen molar-refractivity contribution in [1.82, 2.24) is 5.32 Å². The Kier molecular flexibility index (Phi) is 7.03. The van der Waals surface area contributed by atoms with Gasteiger partial charge in [0.1, 0.15) is 11.5 Å². The van der Waals surface area contributed by atoms with Gasteiger partial charge in [-0.05, 0) is 43.5 Å². The molecule has 0 saturated heterocycles. The zero-order valence-electron chi connectivity index (χ0n) is 15.8. The zero-order valence-corrected chi connectivity index (χ0v) is 17.4. The highest BCUT2D eigenvalue weighted by molar-refractivity contribution is 7.56. The van der Waals surface area contributed by atoms with Gasteiger partial charge in [0, 0.05) is 6.42 Å². The van der Waals surface area contributed by atoms with Crippen molar-refractivity contribution < 1.29 is 30.6 Å². The van der Waals surface area contributed by atoms with Gasteiger partial charge in [-0.2, -0.15) is 0 Å². The first-order chi connectivity index (χ1) is 13.2. The van der Waals surface area contributed by atoms with Crippen molar-refractivity contribution in [2.24, 2.45) is 0 Å². The van der Waals surface area contributed by atoms with Crippen molar-refractivity contribution in [1.29, 1.82) is 0 Å². The highest BCUT2D eigenvalue weighted by Gasteiger charge is 2.48. The van der Waals surface area contributed by atoms with E-state index in [1.54, 1.807) is 0 Å². The molecular weight excluding hydrogens is 395 g/mol. The van der Waals surface area contributed by atoms with Gasteiger partial charge in [0.25, 0.3) is 5.84 Å². The monoisotopic (exact) mass is 420 g/mol. The molecule has 2 aromatic carbocycles. The highest BCUT2D eigenvalue weighted by Crippen LogP contribution is 2.55. The molecular formula is C21H26ClN2O3P. The van der Waals surface area contributed by atoms with Gasteiger partial charge < -0.3 is 21.5 Å². The van der Waals surface area contributed by atoms with Gasteiger partial charge in [-0.15, -0.1) is 0 Å². The summed E-state index contributed by atoms with van der Waals surface area (Å²) in [5.41, 5.74) is -0.291. The van der Waals surface area contributed by atoms with E-state index in [-0.39, 0.29) is 18.1 Å². The van der Waals surface area contributed by atoms with Crippen LogP contribution in [0.2, 0.25) is 0 Å². The van der Waals surface area contributed by atoms with E-state index in [2.05, 4.69) is 9.89 Å². The summed E-state index contributed by atoms with van der Waals surface area (Å²) in [5, 5.41) is 3.50. The maximum atomic E-state index is 14.2. The van der Waals surface area contributed by atoms with Crippen LogP contribution in [0.3, 0.4) is 0 Å². The third-order valence-electron chi connectivity index (χ3n) is 5.06. The lowest BCUT2D eigenvalue weighted by molar-refractivity contribution is -0.534. The fourth-order valence-corrected chi connectivity index (χ4v) is 5.94. The highest BCUT2D eigenvalue weighted by atomic mass is 35.5. The Bertz CT molecular complexity index is 800. The number of nitrogens with one attached hydrogen (secondary N) is 1. The minimum absolute atomic E-state index is 0. The molecule has 0 bridgehead atoms. The molecule has 0 spiro atoms. The Morgan fingerprint density at radius 3 is 2.04 bits per heavy atom. The standard InChI is InChI=1S/C21H25N2O3P.ClH/c24-27(25-18-10-3-1-4-11-18,26-19-12-5-2-6-13-19)20-14-7-8-16-23-17-9-15-22-21(20)23;/h1-6,10-13,20H,7-9,14-17H2;1H. The lowest BCUT2D eigenvalue weighted by Crippen LogP contribution is -3.00. The second-order valence-electron chi connectivity index (χ2n) is 7.01. The van der Waals surface area contributed by atoms with Gasteiger partial charge in [-0.1, -0.05) is 36.4 Å². The molecule has 2 aliphatic rings. The number of rotatable bonds is 5. The van der Waals surface area contributed by atoms with E-state index in [4.69, 9.17) is 9.05 Å². The maximum Gasteiger partial charge on any atom is 0.445 e. The second-order valence-corrected chi connectivity index (χ2v) is 9.08. The third kappa shape index (κ3) is 4.71. The average Bonchev–Trinajstić information content (AvgIpc) is 2.92. The zero-order chi connectivity index (χ0) is 18.5. The average molecular weight is 421 g/mol. The van der Waals surface area contributed by atoms with E-state index in [1.165, 1.54) is 0 Å². The van der Waals surface area contributed by atoms with Crippen LogP contribution in [-0.4, -0.2) is 35.7 Å². The molecule has 2 aromatic rings. The number of nitrogens with zero attached hydrogens (tertiary/aromatic N) is 1.